The number of fused-ring (bicyclic) bond motifs is 1. The molecule has 0 radical (unpaired) electrons. The third kappa shape index (κ3) is 3.33. The van der Waals surface area contributed by atoms with Crippen LogP contribution >= 0.6 is 22.9 Å². The van der Waals surface area contributed by atoms with Crippen molar-refractivity contribution in [2.24, 2.45) is 5.92 Å². The fourth-order valence-electron chi connectivity index (χ4n) is 3.84. The number of aryl methyl sites for hydroxylation is 1. The predicted octanol–water partition coefficient (Wildman–Crippen LogP) is 6.73. The maximum absolute atomic E-state index is 13.7. The summed E-state index contributed by atoms with van der Waals surface area (Å²) in [4.78, 5) is 20.3. The third-order valence-electron chi connectivity index (χ3n) is 5.46. The van der Waals surface area contributed by atoms with Crippen molar-refractivity contribution in [2.45, 2.75) is 19.3 Å². The Morgan fingerprint density at radius 1 is 1.03 bits per heavy atom. The quantitative estimate of drug-likeness (QED) is 0.368. The van der Waals surface area contributed by atoms with Gasteiger partial charge in [0.25, 0.3) is 0 Å². The van der Waals surface area contributed by atoms with Crippen LogP contribution in [0.5, 0.6) is 0 Å². The fourth-order valence-corrected chi connectivity index (χ4v) is 5.10. The van der Waals surface area contributed by atoms with E-state index in [0.29, 0.717) is 0 Å². The van der Waals surface area contributed by atoms with Crippen molar-refractivity contribution in [3.8, 4) is 0 Å². The summed E-state index contributed by atoms with van der Waals surface area (Å²) in [5.41, 5.74) is 3.91. The largest absolute Gasteiger partial charge is 0.274 e. The lowest BCUT2D eigenvalue weighted by Crippen LogP contribution is -2.28. The fraction of sp³-hybridized carbons (Fsp3) is 0.167. The molecule has 1 amide bonds. The average molecular weight is 419 g/mol. The van der Waals surface area contributed by atoms with Crippen molar-refractivity contribution >= 4 is 49.9 Å². The molecule has 4 aromatic rings. The Bertz CT molecular complexity index is 1190. The van der Waals surface area contributed by atoms with Crippen LogP contribution in [0.1, 0.15) is 23.5 Å². The first-order chi connectivity index (χ1) is 14.1. The Morgan fingerprint density at radius 3 is 2.55 bits per heavy atom. The third-order valence-corrected chi connectivity index (χ3v) is 6.83. The molecule has 0 spiro atoms. The molecule has 1 aliphatic rings. The number of para-hydroxylation sites is 2. The van der Waals surface area contributed by atoms with Gasteiger partial charge < -0.3 is 0 Å². The molecule has 3 aromatic carbocycles. The molecule has 1 saturated carbocycles. The lowest BCUT2D eigenvalue weighted by Gasteiger charge is -2.22. The highest BCUT2D eigenvalue weighted by molar-refractivity contribution is 7.22. The van der Waals surface area contributed by atoms with Gasteiger partial charge in [0.05, 0.1) is 15.9 Å². The summed E-state index contributed by atoms with van der Waals surface area (Å²) in [6.07, 6.45) is 0.815. The number of hydrogen-bond acceptors (Lipinski definition) is 3. The summed E-state index contributed by atoms with van der Waals surface area (Å²) in [6, 6.07) is 23.8. The van der Waals surface area contributed by atoms with E-state index in [2.05, 4.69) is 0 Å². The molecular formula is C24H19ClN2OS. The summed E-state index contributed by atoms with van der Waals surface area (Å²) in [6.45, 7) is 2.03. The lowest BCUT2D eigenvalue weighted by atomic mass is 10.1. The summed E-state index contributed by atoms with van der Waals surface area (Å²) in [7, 11) is 0. The monoisotopic (exact) mass is 418 g/mol. The number of carbonyl (C=O) groups excluding carboxylic acids is 1. The highest BCUT2D eigenvalue weighted by Crippen LogP contribution is 2.52. The van der Waals surface area contributed by atoms with Crippen molar-refractivity contribution in [1.82, 2.24) is 4.98 Å². The normalized spacial score (nSPS) is 18.0. The number of anilines is 2. The van der Waals surface area contributed by atoms with Crippen LogP contribution in [-0.2, 0) is 4.79 Å². The Labute approximate surface area is 178 Å². The Balaban J connectivity index is 1.55. The van der Waals surface area contributed by atoms with Gasteiger partial charge in [-0.3, -0.25) is 9.69 Å². The van der Waals surface area contributed by atoms with Crippen LogP contribution in [0.15, 0.2) is 72.8 Å². The van der Waals surface area contributed by atoms with Gasteiger partial charge in [-0.15, -0.1) is 0 Å². The standard InChI is InChI=1S/C24H19ClN2OS/c1-15-8-2-6-12-21(15)27(24-26-20-11-5-7-13-22(20)29-24)23(28)18-14-17(18)16-9-3-4-10-19(16)25/h2-13,17-18H,14H2,1H3. The van der Waals surface area contributed by atoms with Gasteiger partial charge >= 0.3 is 0 Å². The molecule has 0 saturated heterocycles. The van der Waals surface area contributed by atoms with Gasteiger partial charge in [-0.25, -0.2) is 4.98 Å². The topological polar surface area (TPSA) is 33.2 Å². The zero-order valence-corrected chi connectivity index (χ0v) is 17.5. The average Bonchev–Trinajstić information content (AvgIpc) is 3.41. The molecule has 2 unspecified atom stereocenters. The highest BCUT2D eigenvalue weighted by atomic mass is 35.5. The second-order valence-electron chi connectivity index (χ2n) is 7.39. The lowest BCUT2D eigenvalue weighted by molar-refractivity contribution is -0.119. The van der Waals surface area contributed by atoms with Crippen molar-refractivity contribution in [3.63, 3.8) is 0 Å². The number of carbonyl (C=O) groups is 1. The van der Waals surface area contributed by atoms with Crippen LogP contribution in [0, 0.1) is 12.8 Å². The molecule has 144 valence electrons. The molecule has 3 nitrogen and oxygen atoms in total. The van der Waals surface area contributed by atoms with E-state index < -0.39 is 0 Å². The predicted molar refractivity (Wildman–Crippen MR) is 120 cm³/mol. The maximum Gasteiger partial charge on any atom is 0.237 e. The Hall–Kier alpha value is -2.69. The van der Waals surface area contributed by atoms with Gasteiger partial charge in [-0.1, -0.05) is 71.5 Å². The van der Waals surface area contributed by atoms with Gasteiger partial charge in [-0.05, 0) is 54.7 Å². The zero-order valence-electron chi connectivity index (χ0n) is 15.9. The number of nitrogens with zero attached hydrogens (tertiary/aromatic N) is 2. The molecule has 1 aliphatic carbocycles. The van der Waals surface area contributed by atoms with Gasteiger partial charge in [0.1, 0.15) is 0 Å². The first-order valence-corrected chi connectivity index (χ1v) is 10.8. The highest BCUT2D eigenvalue weighted by Gasteiger charge is 2.47. The van der Waals surface area contributed by atoms with E-state index in [1.807, 2.05) is 84.6 Å². The minimum absolute atomic E-state index is 0.0819. The molecule has 1 fully saturated rings. The first-order valence-electron chi connectivity index (χ1n) is 9.63. The van der Waals surface area contributed by atoms with Crippen LogP contribution in [0.25, 0.3) is 10.2 Å². The second-order valence-corrected chi connectivity index (χ2v) is 8.81. The minimum Gasteiger partial charge on any atom is -0.274 e. The van der Waals surface area contributed by atoms with E-state index in [1.165, 1.54) is 0 Å². The first kappa shape index (κ1) is 18.3. The summed E-state index contributed by atoms with van der Waals surface area (Å²) >= 11 is 7.94. The van der Waals surface area contributed by atoms with Crippen LogP contribution in [0.4, 0.5) is 10.8 Å². The van der Waals surface area contributed by atoms with E-state index in [-0.39, 0.29) is 17.7 Å². The molecule has 1 heterocycles. The van der Waals surface area contributed by atoms with Crippen LogP contribution in [0.3, 0.4) is 0 Å². The summed E-state index contributed by atoms with van der Waals surface area (Å²) in [5.74, 6) is 0.168. The Morgan fingerprint density at radius 2 is 1.76 bits per heavy atom. The molecule has 0 aliphatic heterocycles. The number of benzene rings is 3. The van der Waals surface area contributed by atoms with Gasteiger partial charge in [0.15, 0.2) is 5.13 Å². The molecule has 0 N–H and O–H groups in total. The number of aromatic nitrogens is 1. The van der Waals surface area contributed by atoms with E-state index in [9.17, 15) is 4.79 Å². The SMILES string of the molecule is Cc1ccccc1N(C(=O)C1CC1c1ccccc1Cl)c1nc2ccccc2s1. The molecule has 2 atom stereocenters. The molecule has 0 bridgehead atoms. The molecule has 29 heavy (non-hydrogen) atoms. The van der Waals surface area contributed by atoms with E-state index >= 15 is 0 Å². The van der Waals surface area contributed by atoms with Crippen molar-refractivity contribution in [2.75, 3.05) is 4.90 Å². The smallest absolute Gasteiger partial charge is 0.237 e. The zero-order chi connectivity index (χ0) is 20.0. The number of amides is 1. The Kier molecular flexibility index (Phi) is 4.61. The van der Waals surface area contributed by atoms with Gasteiger partial charge in [0, 0.05) is 10.9 Å². The number of hydrogen-bond donors (Lipinski definition) is 0. The van der Waals surface area contributed by atoms with Crippen LogP contribution in [-0.4, -0.2) is 10.9 Å². The van der Waals surface area contributed by atoms with Crippen molar-refractivity contribution in [1.29, 1.82) is 0 Å². The van der Waals surface area contributed by atoms with E-state index in [4.69, 9.17) is 16.6 Å². The molecule has 5 rings (SSSR count). The second kappa shape index (κ2) is 7.29. The maximum atomic E-state index is 13.7. The van der Waals surface area contributed by atoms with Crippen molar-refractivity contribution in [3.05, 3.63) is 88.9 Å². The molecule has 5 heteroatoms. The molecular weight excluding hydrogens is 400 g/mol. The summed E-state index contributed by atoms with van der Waals surface area (Å²) < 4.78 is 1.08. The van der Waals surface area contributed by atoms with Gasteiger partial charge in [0.2, 0.25) is 5.91 Å². The minimum atomic E-state index is -0.0819. The van der Waals surface area contributed by atoms with Crippen LogP contribution < -0.4 is 4.90 Å². The number of rotatable bonds is 4. The molecule has 1 aromatic heterocycles. The van der Waals surface area contributed by atoms with Crippen molar-refractivity contribution < 1.29 is 4.79 Å². The number of thiazole rings is 1. The van der Waals surface area contributed by atoms with Gasteiger partial charge in [-0.2, -0.15) is 0 Å². The summed E-state index contributed by atoms with van der Waals surface area (Å²) in [5, 5.41) is 1.45. The number of halogens is 1. The van der Waals surface area contributed by atoms with E-state index in [0.717, 1.165) is 43.6 Å². The van der Waals surface area contributed by atoms with E-state index in [1.54, 1.807) is 11.3 Å². The van der Waals surface area contributed by atoms with Crippen LogP contribution in [0.2, 0.25) is 5.02 Å².